The van der Waals surface area contributed by atoms with Gasteiger partial charge in [-0.1, -0.05) is 23.4 Å². The van der Waals surface area contributed by atoms with Gasteiger partial charge in [0.15, 0.2) is 0 Å². The van der Waals surface area contributed by atoms with E-state index >= 15 is 0 Å². The van der Waals surface area contributed by atoms with Gasteiger partial charge in [0.1, 0.15) is 11.3 Å². The van der Waals surface area contributed by atoms with E-state index in [9.17, 15) is 9.59 Å². The summed E-state index contributed by atoms with van der Waals surface area (Å²) in [5.74, 6) is 0.598. The van der Waals surface area contributed by atoms with Crippen LogP contribution in [0.1, 0.15) is 41.7 Å². The number of likely N-dealkylation sites (tertiary alicyclic amines) is 1. The van der Waals surface area contributed by atoms with E-state index in [-0.39, 0.29) is 24.0 Å². The van der Waals surface area contributed by atoms with Gasteiger partial charge < -0.3 is 19.5 Å². The van der Waals surface area contributed by atoms with Crippen molar-refractivity contribution in [2.24, 2.45) is 0 Å². The molecule has 0 radical (unpaired) electrons. The highest BCUT2D eigenvalue weighted by Gasteiger charge is 2.37. The molecule has 174 valence electrons. The zero-order chi connectivity index (χ0) is 23.8. The molecule has 34 heavy (non-hydrogen) atoms. The zero-order valence-corrected chi connectivity index (χ0v) is 19.1. The standard InChI is InChI=1S/C24H24N6O4/c1-14(2)33-24(32)29-12-17(13-29)23-27-21(28-34-23)16-8-7-15(3)18(10-16)26-22(31)19-11-25-20-6-4-5-9-30(19)20/h4-11,14,17H,12-13H2,1-3H3,(H,26,31). The lowest BCUT2D eigenvalue weighted by Gasteiger charge is -2.36. The van der Waals surface area contributed by atoms with Crippen LogP contribution in [0.5, 0.6) is 0 Å². The van der Waals surface area contributed by atoms with Crippen LogP contribution in [-0.4, -0.2) is 55.6 Å². The van der Waals surface area contributed by atoms with Crippen LogP contribution in [0.15, 0.2) is 53.3 Å². The number of carbonyl (C=O) groups excluding carboxylic acids is 2. The first-order chi connectivity index (χ1) is 16.4. The van der Waals surface area contributed by atoms with Gasteiger partial charge in [0.2, 0.25) is 11.7 Å². The van der Waals surface area contributed by atoms with Crippen LogP contribution < -0.4 is 5.32 Å². The van der Waals surface area contributed by atoms with Crippen LogP contribution in [0.4, 0.5) is 10.5 Å². The molecule has 1 fully saturated rings. The molecule has 4 heterocycles. The largest absolute Gasteiger partial charge is 0.447 e. The number of hydrogen-bond donors (Lipinski definition) is 1. The van der Waals surface area contributed by atoms with Crippen LogP contribution in [0, 0.1) is 6.92 Å². The number of aryl methyl sites for hydroxylation is 1. The molecule has 1 aliphatic rings. The molecular formula is C24H24N6O4. The fourth-order valence-corrected chi connectivity index (χ4v) is 3.76. The molecule has 10 nitrogen and oxygen atoms in total. The second-order valence-corrected chi connectivity index (χ2v) is 8.55. The number of ether oxygens (including phenoxy) is 1. The third-order valence-corrected chi connectivity index (χ3v) is 5.66. The molecule has 5 rings (SSSR count). The smallest absolute Gasteiger partial charge is 0.410 e. The second-order valence-electron chi connectivity index (χ2n) is 8.55. The third-order valence-electron chi connectivity index (χ3n) is 5.66. The van der Waals surface area contributed by atoms with E-state index in [0.29, 0.717) is 47.4 Å². The molecule has 0 bridgehead atoms. The number of aromatic nitrogens is 4. The molecule has 0 spiro atoms. The fourth-order valence-electron chi connectivity index (χ4n) is 3.76. The fraction of sp³-hybridized carbons (Fsp3) is 0.292. The summed E-state index contributed by atoms with van der Waals surface area (Å²) in [5.41, 5.74) is 3.39. The summed E-state index contributed by atoms with van der Waals surface area (Å²) in [6, 6.07) is 11.1. The summed E-state index contributed by atoms with van der Waals surface area (Å²) >= 11 is 0. The highest BCUT2D eigenvalue weighted by atomic mass is 16.6. The Morgan fingerprint density at radius 2 is 2.03 bits per heavy atom. The normalized spacial score (nSPS) is 13.8. The summed E-state index contributed by atoms with van der Waals surface area (Å²) in [4.78, 5) is 35.3. The van der Waals surface area contributed by atoms with Gasteiger partial charge in [-0.2, -0.15) is 4.98 Å². The van der Waals surface area contributed by atoms with Crippen molar-refractivity contribution < 1.29 is 18.8 Å². The van der Waals surface area contributed by atoms with E-state index in [1.807, 2.05) is 57.2 Å². The number of imidazole rings is 1. The van der Waals surface area contributed by atoms with Crippen molar-refractivity contribution in [2.45, 2.75) is 32.8 Å². The summed E-state index contributed by atoms with van der Waals surface area (Å²) in [7, 11) is 0. The summed E-state index contributed by atoms with van der Waals surface area (Å²) in [5, 5.41) is 7.06. The molecule has 0 saturated carbocycles. The minimum atomic E-state index is -0.337. The number of rotatable bonds is 5. The number of amides is 2. The third kappa shape index (κ3) is 4.09. The SMILES string of the molecule is Cc1ccc(-c2noc(C3CN(C(=O)OC(C)C)C3)n2)cc1NC(=O)c1cnc2ccccn12. The molecule has 0 atom stereocenters. The molecular weight excluding hydrogens is 436 g/mol. The van der Waals surface area contributed by atoms with Crippen LogP contribution in [-0.2, 0) is 4.74 Å². The van der Waals surface area contributed by atoms with E-state index in [2.05, 4.69) is 20.4 Å². The molecule has 0 aliphatic carbocycles. The summed E-state index contributed by atoms with van der Waals surface area (Å²) in [6.07, 6.45) is 2.85. The number of pyridine rings is 1. The highest BCUT2D eigenvalue weighted by molar-refractivity contribution is 6.04. The monoisotopic (exact) mass is 460 g/mol. The number of benzene rings is 1. The maximum atomic E-state index is 12.9. The highest BCUT2D eigenvalue weighted by Crippen LogP contribution is 2.29. The number of fused-ring (bicyclic) bond motifs is 1. The van der Waals surface area contributed by atoms with Crippen molar-refractivity contribution in [3.05, 3.63) is 65.9 Å². The van der Waals surface area contributed by atoms with E-state index in [1.54, 1.807) is 21.7 Å². The van der Waals surface area contributed by atoms with Gasteiger partial charge in [-0.15, -0.1) is 0 Å². The molecule has 3 aromatic heterocycles. The van der Waals surface area contributed by atoms with Crippen molar-refractivity contribution in [3.63, 3.8) is 0 Å². The maximum absolute atomic E-state index is 12.9. The molecule has 4 aromatic rings. The van der Waals surface area contributed by atoms with Crippen LogP contribution in [0.25, 0.3) is 17.0 Å². The average Bonchev–Trinajstić information content (AvgIpc) is 3.41. The van der Waals surface area contributed by atoms with Gasteiger partial charge in [0.05, 0.1) is 18.2 Å². The molecule has 1 N–H and O–H groups in total. The first kappa shape index (κ1) is 21.6. The van der Waals surface area contributed by atoms with Crippen LogP contribution in [0.2, 0.25) is 0 Å². The Labute approximate surface area is 195 Å². The average molecular weight is 460 g/mol. The molecule has 1 aliphatic heterocycles. The second kappa shape index (κ2) is 8.62. The van der Waals surface area contributed by atoms with Gasteiger partial charge in [0.25, 0.3) is 5.91 Å². The van der Waals surface area contributed by atoms with E-state index in [4.69, 9.17) is 9.26 Å². The Kier molecular flexibility index (Phi) is 5.48. The summed E-state index contributed by atoms with van der Waals surface area (Å²) < 4.78 is 12.4. The van der Waals surface area contributed by atoms with Crippen molar-refractivity contribution in [1.29, 1.82) is 0 Å². The Morgan fingerprint density at radius 3 is 2.82 bits per heavy atom. The predicted octanol–water partition coefficient (Wildman–Crippen LogP) is 3.89. The van der Waals surface area contributed by atoms with Crippen molar-refractivity contribution in [2.75, 3.05) is 18.4 Å². The molecule has 2 amide bonds. The van der Waals surface area contributed by atoms with Crippen molar-refractivity contribution in [1.82, 2.24) is 24.4 Å². The van der Waals surface area contributed by atoms with Crippen LogP contribution >= 0.6 is 0 Å². The maximum Gasteiger partial charge on any atom is 0.410 e. The Morgan fingerprint density at radius 1 is 1.21 bits per heavy atom. The number of carbonyl (C=O) groups is 2. The number of nitrogens with zero attached hydrogens (tertiary/aromatic N) is 5. The zero-order valence-electron chi connectivity index (χ0n) is 19.1. The lowest BCUT2D eigenvalue weighted by molar-refractivity contribution is 0.0463. The lowest BCUT2D eigenvalue weighted by atomic mass is 10.0. The minimum absolute atomic E-state index is 0.0271. The van der Waals surface area contributed by atoms with Gasteiger partial charge in [-0.05, 0) is 44.5 Å². The van der Waals surface area contributed by atoms with E-state index < -0.39 is 0 Å². The first-order valence-corrected chi connectivity index (χ1v) is 11.0. The Hall–Kier alpha value is -4.21. The Bertz CT molecular complexity index is 1370. The number of anilines is 1. The van der Waals surface area contributed by atoms with Gasteiger partial charge in [-0.3, -0.25) is 9.20 Å². The van der Waals surface area contributed by atoms with Gasteiger partial charge in [0, 0.05) is 30.5 Å². The molecule has 1 saturated heterocycles. The van der Waals surface area contributed by atoms with Gasteiger partial charge >= 0.3 is 6.09 Å². The lowest BCUT2D eigenvalue weighted by Crippen LogP contribution is -2.49. The van der Waals surface area contributed by atoms with Crippen molar-refractivity contribution in [3.8, 4) is 11.4 Å². The van der Waals surface area contributed by atoms with Gasteiger partial charge in [-0.25, -0.2) is 9.78 Å². The van der Waals surface area contributed by atoms with E-state index in [1.165, 1.54) is 0 Å². The van der Waals surface area contributed by atoms with Crippen molar-refractivity contribution >= 4 is 23.3 Å². The summed E-state index contributed by atoms with van der Waals surface area (Å²) in [6.45, 7) is 6.49. The quantitative estimate of drug-likeness (QED) is 0.480. The Balaban J connectivity index is 1.30. The number of hydrogen-bond acceptors (Lipinski definition) is 7. The predicted molar refractivity (Wildman–Crippen MR) is 124 cm³/mol. The van der Waals surface area contributed by atoms with E-state index in [0.717, 1.165) is 5.56 Å². The number of nitrogens with one attached hydrogen (secondary N) is 1. The topological polar surface area (TPSA) is 115 Å². The molecule has 1 aromatic carbocycles. The minimum Gasteiger partial charge on any atom is -0.447 e. The first-order valence-electron chi connectivity index (χ1n) is 11.0. The molecule has 10 heteroatoms. The van der Waals surface area contributed by atoms with Crippen LogP contribution in [0.3, 0.4) is 0 Å². The molecule has 0 unspecified atom stereocenters.